The van der Waals surface area contributed by atoms with Gasteiger partial charge >= 0.3 is 0 Å². The third-order valence-corrected chi connectivity index (χ3v) is 3.14. The van der Waals surface area contributed by atoms with Gasteiger partial charge in [0.2, 0.25) is 0 Å². The molecule has 0 unspecified atom stereocenters. The van der Waals surface area contributed by atoms with Crippen LogP contribution in [0.1, 0.15) is 23.6 Å². The van der Waals surface area contributed by atoms with Gasteiger partial charge in [-0.3, -0.25) is 0 Å². The summed E-state index contributed by atoms with van der Waals surface area (Å²) in [6, 6.07) is 4.07. The number of carbonyl (C=O) groups excluding carboxylic acids is 1. The van der Waals surface area contributed by atoms with E-state index in [-0.39, 0.29) is 6.04 Å². The van der Waals surface area contributed by atoms with Crippen molar-refractivity contribution in [1.29, 1.82) is 0 Å². The first kappa shape index (κ1) is 11.9. The molecule has 0 bridgehead atoms. The molecule has 1 N–H and O–H groups in total. The van der Waals surface area contributed by atoms with E-state index in [0.717, 1.165) is 30.6 Å². The van der Waals surface area contributed by atoms with Gasteiger partial charge in [0.15, 0.2) is 11.5 Å². The quantitative estimate of drug-likeness (QED) is 0.803. The SMILES string of the molecule is COc1cc2c(cc1OC)[C@@H](CC=O)NCC2. The molecule has 1 atom stereocenters. The number of methoxy groups -OCH3 is 2. The van der Waals surface area contributed by atoms with Crippen LogP contribution in [0.25, 0.3) is 0 Å². The fraction of sp³-hybridized carbons (Fsp3) is 0.462. The zero-order valence-electron chi connectivity index (χ0n) is 10.2. The zero-order valence-corrected chi connectivity index (χ0v) is 10.2. The number of hydrogen-bond donors (Lipinski definition) is 1. The van der Waals surface area contributed by atoms with Gasteiger partial charge in [-0.25, -0.2) is 0 Å². The minimum Gasteiger partial charge on any atom is -0.493 e. The molecule has 0 radical (unpaired) electrons. The lowest BCUT2D eigenvalue weighted by molar-refractivity contribution is -0.108. The van der Waals surface area contributed by atoms with Crippen LogP contribution >= 0.6 is 0 Å². The van der Waals surface area contributed by atoms with Gasteiger partial charge in [-0.1, -0.05) is 0 Å². The van der Waals surface area contributed by atoms with Crippen LogP contribution in [-0.2, 0) is 11.2 Å². The lowest BCUT2D eigenvalue weighted by Gasteiger charge is -2.26. The highest BCUT2D eigenvalue weighted by molar-refractivity contribution is 5.55. The molecule has 0 amide bonds. The predicted molar refractivity (Wildman–Crippen MR) is 64.7 cm³/mol. The van der Waals surface area contributed by atoms with Crippen LogP contribution in [0.2, 0.25) is 0 Å². The number of nitrogens with one attached hydrogen (secondary N) is 1. The number of benzene rings is 1. The highest BCUT2D eigenvalue weighted by Crippen LogP contribution is 2.35. The lowest BCUT2D eigenvalue weighted by Crippen LogP contribution is -2.30. The summed E-state index contributed by atoms with van der Waals surface area (Å²) >= 11 is 0. The Morgan fingerprint density at radius 1 is 1.35 bits per heavy atom. The van der Waals surface area contributed by atoms with Gasteiger partial charge in [0.05, 0.1) is 14.2 Å². The van der Waals surface area contributed by atoms with Crippen molar-refractivity contribution < 1.29 is 14.3 Å². The summed E-state index contributed by atoms with van der Waals surface area (Å²) in [5.74, 6) is 1.46. The first-order valence-corrected chi connectivity index (χ1v) is 5.72. The molecule has 2 rings (SSSR count). The van der Waals surface area contributed by atoms with Crippen molar-refractivity contribution in [3.8, 4) is 11.5 Å². The molecule has 0 spiro atoms. The molecule has 0 saturated heterocycles. The molecule has 1 aliphatic heterocycles. The van der Waals surface area contributed by atoms with Gasteiger partial charge < -0.3 is 19.6 Å². The van der Waals surface area contributed by atoms with E-state index in [2.05, 4.69) is 5.32 Å². The molecule has 0 aromatic heterocycles. The summed E-state index contributed by atoms with van der Waals surface area (Å²) < 4.78 is 10.6. The Balaban J connectivity index is 2.43. The van der Waals surface area contributed by atoms with E-state index in [1.54, 1.807) is 14.2 Å². The molecule has 92 valence electrons. The summed E-state index contributed by atoms with van der Waals surface area (Å²) in [4.78, 5) is 10.7. The van der Waals surface area contributed by atoms with E-state index in [4.69, 9.17) is 9.47 Å². The Bertz CT molecular complexity index is 417. The van der Waals surface area contributed by atoms with Gasteiger partial charge in [-0.2, -0.15) is 0 Å². The minimum absolute atomic E-state index is 0.0936. The molecule has 4 nitrogen and oxygen atoms in total. The van der Waals surface area contributed by atoms with Gasteiger partial charge in [0.25, 0.3) is 0 Å². The van der Waals surface area contributed by atoms with Gasteiger partial charge in [0.1, 0.15) is 6.29 Å². The molecular weight excluding hydrogens is 218 g/mol. The van der Waals surface area contributed by atoms with Crippen molar-refractivity contribution in [2.45, 2.75) is 18.9 Å². The number of rotatable bonds is 4. The Morgan fingerprint density at radius 2 is 2.06 bits per heavy atom. The van der Waals surface area contributed by atoms with Crippen molar-refractivity contribution in [2.75, 3.05) is 20.8 Å². The van der Waals surface area contributed by atoms with Crippen molar-refractivity contribution in [3.05, 3.63) is 23.3 Å². The van der Waals surface area contributed by atoms with Crippen LogP contribution in [0, 0.1) is 0 Å². The van der Waals surface area contributed by atoms with Crippen molar-refractivity contribution in [3.63, 3.8) is 0 Å². The third kappa shape index (κ3) is 2.26. The first-order chi connectivity index (χ1) is 8.30. The second-order valence-corrected chi connectivity index (χ2v) is 4.07. The highest BCUT2D eigenvalue weighted by Gasteiger charge is 2.21. The van der Waals surface area contributed by atoms with Crippen LogP contribution in [-0.4, -0.2) is 27.1 Å². The number of fused-ring (bicyclic) bond motifs is 1. The van der Waals surface area contributed by atoms with Gasteiger partial charge in [0, 0.05) is 12.5 Å². The number of carbonyl (C=O) groups is 1. The van der Waals surface area contributed by atoms with E-state index in [0.29, 0.717) is 12.2 Å². The summed E-state index contributed by atoms with van der Waals surface area (Å²) in [5, 5.41) is 3.34. The summed E-state index contributed by atoms with van der Waals surface area (Å²) in [5.41, 5.74) is 2.37. The Labute approximate surface area is 101 Å². The fourth-order valence-electron chi connectivity index (χ4n) is 2.28. The Hall–Kier alpha value is -1.55. The van der Waals surface area contributed by atoms with E-state index in [1.165, 1.54) is 5.56 Å². The predicted octanol–water partition coefficient (Wildman–Crippen LogP) is 1.48. The molecule has 0 aliphatic carbocycles. The Kier molecular flexibility index (Phi) is 3.64. The van der Waals surface area contributed by atoms with E-state index in [9.17, 15) is 4.79 Å². The van der Waals surface area contributed by atoms with Crippen LogP contribution in [0.15, 0.2) is 12.1 Å². The van der Waals surface area contributed by atoms with Crippen molar-refractivity contribution >= 4 is 6.29 Å². The molecule has 1 aromatic carbocycles. The van der Waals surface area contributed by atoms with E-state index >= 15 is 0 Å². The second-order valence-electron chi connectivity index (χ2n) is 4.07. The standard InChI is InChI=1S/C13H17NO3/c1-16-12-7-9-3-5-14-11(4-6-15)10(9)8-13(12)17-2/h6-8,11,14H,3-5H2,1-2H3/t11-/m1/s1. The highest BCUT2D eigenvalue weighted by atomic mass is 16.5. The maximum Gasteiger partial charge on any atom is 0.161 e. The number of hydrogen-bond acceptors (Lipinski definition) is 4. The Morgan fingerprint density at radius 3 is 2.71 bits per heavy atom. The molecular formula is C13H17NO3. The first-order valence-electron chi connectivity index (χ1n) is 5.72. The van der Waals surface area contributed by atoms with Gasteiger partial charge in [-0.15, -0.1) is 0 Å². The maximum absolute atomic E-state index is 10.7. The van der Waals surface area contributed by atoms with Crippen molar-refractivity contribution in [2.24, 2.45) is 0 Å². The molecule has 17 heavy (non-hydrogen) atoms. The average Bonchev–Trinajstić information content (AvgIpc) is 2.38. The van der Waals surface area contributed by atoms with Gasteiger partial charge in [-0.05, 0) is 36.2 Å². The largest absolute Gasteiger partial charge is 0.493 e. The summed E-state index contributed by atoms with van der Waals surface area (Å²) in [6.45, 7) is 0.890. The average molecular weight is 235 g/mol. The lowest BCUT2D eigenvalue weighted by atomic mass is 9.92. The molecule has 1 heterocycles. The second kappa shape index (κ2) is 5.19. The maximum atomic E-state index is 10.7. The summed E-state index contributed by atoms with van der Waals surface area (Å²) in [6.07, 6.45) is 2.39. The van der Waals surface area contributed by atoms with Crippen LogP contribution in [0.3, 0.4) is 0 Å². The van der Waals surface area contributed by atoms with Crippen LogP contribution < -0.4 is 14.8 Å². The van der Waals surface area contributed by atoms with Crippen LogP contribution in [0.4, 0.5) is 0 Å². The molecule has 0 fully saturated rings. The van der Waals surface area contributed by atoms with Crippen LogP contribution in [0.5, 0.6) is 11.5 Å². The minimum atomic E-state index is 0.0936. The number of aldehydes is 1. The monoisotopic (exact) mass is 235 g/mol. The zero-order chi connectivity index (χ0) is 12.3. The summed E-state index contributed by atoms with van der Waals surface area (Å²) in [7, 11) is 3.25. The smallest absolute Gasteiger partial charge is 0.161 e. The molecule has 1 aliphatic rings. The topological polar surface area (TPSA) is 47.6 Å². The molecule has 1 aromatic rings. The van der Waals surface area contributed by atoms with E-state index in [1.807, 2.05) is 12.1 Å². The number of ether oxygens (including phenoxy) is 2. The van der Waals surface area contributed by atoms with E-state index < -0.39 is 0 Å². The molecule has 4 heteroatoms. The molecule has 0 saturated carbocycles. The fourth-order valence-corrected chi connectivity index (χ4v) is 2.28. The normalized spacial score (nSPS) is 18.4. The third-order valence-electron chi connectivity index (χ3n) is 3.14. The van der Waals surface area contributed by atoms with Crippen molar-refractivity contribution in [1.82, 2.24) is 5.32 Å².